The number of carbonyl (C=O) groups excluding carboxylic acids is 2. The Labute approximate surface area is 217 Å². The lowest BCUT2D eigenvalue weighted by molar-refractivity contribution is 0.0313. The first-order valence-electron chi connectivity index (χ1n) is 12.4. The highest BCUT2D eigenvalue weighted by Gasteiger charge is 2.35. The first kappa shape index (κ1) is 26.2. The Bertz CT molecular complexity index is 1250. The molecule has 194 valence electrons. The van der Waals surface area contributed by atoms with Gasteiger partial charge in [-0.05, 0) is 31.2 Å². The second kappa shape index (κ2) is 11.4. The first-order chi connectivity index (χ1) is 17.8. The van der Waals surface area contributed by atoms with E-state index in [1.807, 2.05) is 56.3 Å². The van der Waals surface area contributed by atoms with Crippen molar-refractivity contribution < 1.29 is 24.2 Å². The maximum Gasteiger partial charge on any atom is 0.259 e. The van der Waals surface area contributed by atoms with Gasteiger partial charge < -0.3 is 24.4 Å². The molecule has 1 aromatic heterocycles. The van der Waals surface area contributed by atoms with Crippen LogP contribution in [-0.4, -0.2) is 77.7 Å². The number of likely N-dealkylation sites (N-methyl/N-ethyl adjacent to an activating group) is 1. The molecule has 0 bridgehead atoms. The minimum absolute atomic E-state index is 0.116. The van der Waals surface area contributed by atoms with Crippen LogP contribution in [0.3, 0.4) is 0 Å². The molecule has 3 atom stereocenters. The maximum atomic E-state index is 13.7. The summed E-state index contributed by atoms with van der Waals surface area (Å²) in [6, 6.07) is 18.0. The molecular weight excluding hydrogens is 470 g/mol. The van der Waals surface area contributed by atoms with Crippen LogP contribution < -0.4 is 9.47 Å². The molecule has 0 saturated carbocycles. The van der Waals surface area contributed by atoms with Crippen molar-refractivity contribution in [2.45, 2.75) is 26.0 Å². The Kier molecular flexibility index (Phi) is 8.08. The van der Waals surface area contributed by atoms with Crippen molar-refractivity contribution in [3.63, 3.8) is 0 Å². The quantitative estimate of drug-likeness (QED) is 0.528. The summed E-state index contributed by atoms with van der Waals surface area (Å²) in [6.45, 7) is 4.27. The number of aliphatic hydroxyl groups is 1. The molecule has 2 heterocycles. The van der Waals surface area contributed by atoms with Gasteiger partial charge in [0.15, 0.2) is 0 Å². The standard InChI is InChI=1S/C29H33N3O5/c1-19-16-32(20(2)18-33)29(35)24-14-22(23-12-8-9-13-25(23)36-4)15-30-27(24)37-26(19)17-31(3)28(34)21-10-6-5-7-11-21/h5-15,19-20,26,33H,16-18H2,1-4H3/t19-,20-,26+/m0/s1. The normalized spacial score (nSPS) is 18.2. The fourth-order valence-electron chi connectivity index (χ4n) is 4.50. The zero-order chi connectivity index (χ0) is 26.5. The molecule has 0 radical (unpaired) electrons. The van der Waals surface area contributed by atoms with Gasteiger partial charge in [0.25, 0.3) is 11.8 Å². The molecule has 37 heavy (non-hydrogen) atoms. The first-order valence-corrected chi connectivity index (χ1v) is 12.4. The Hall–Kier alpha value is -3.91. The number of ether oxygens (including phenoxy) is 2. The van der Waals surface area contributed by atoms with Gasteiger partial charge in [-0.1, -0.05) is 43.3 Å². The number of aliphatic hydroxyl groups excluding tert-OH is 1. The molecule has 0 spiro atoms. The summed E-state index contributed by atoms with van der Waals surface area (Å²) in [7, 11) is 3.33. The number of amides is 2. The van der Waals surface area contributed by atoms with Gasteiger partial charge in [-0.3, -0.25) is 9.59 Å². The Morgan fingerprint density at radius 3 is 2.59 bits per heavy atom. The van der Waals surface area contributed by atoms with E-state index in [0.29, 0.717) is 35.5 Å². The van der Waals surface area contributed by atoms with Gasteiger partial charge >= 0.3 is 0 Å². The van der Waals surface area contributed by atoms with Crippen molar-refractivity contribution in [1.82, 2.24) is 14.8 Å². The number of hydrogen-bond donors (Lipinski definition) is 1. The minimum Gasteiger partial charge on any atom is -0.496 e. The molecule has 0 saturated heterocycles. The molecule has 2 aromatic carbocycles. The number of methoxy groups -OCH3 is 1. The van der Waals surface area contributed by atoms with Crippen LogP contribution in [0, 0.1) is 5.92 Å². The predicted molar refractivity (Wildman–Crippen MR) is 141 cm³/mol. The van der Waals surface area contributed by atoms with Gasteiger partial charge in [-0.25, -0.2) is 4.98 Å². The van der Waals surface area contributed by atoms with Crippen LogP contribution in [0.25, 0.3) is 11.1 Å². The number of nitrogens with zero attached hydrogens (tertiary/aromatic N) is 3. The number of benzene rings is 2. The Balaban J connectivity index is 1.71. The molecule has 1 N–H and O–H groups in total. The largest absolute Gasteiger partial charge is 0.496 e. The van der Waals surface area contributed by atoms with E-state index in [4.69, 9.17) is 9.47 Å². The number of carbonyl (C=O) groups is 2. The van der Waals surface area contributed by atoms with Crippen molar-refractivity contribution in [1.29, 1.82) is 0 Å². The van der Waals surface area contributed by atoms with E-state index in [2.05, 4.69) is 4.98 Å². The highest BCUT2D eigenvalue weighted by Crippen LogP contribution is 2.34. The summed E-state index contributed by atoms with van der Waals surface area (Å²) in [5.74, 6) is 0.356. The summed E-state index contributed by atoms with van der Waals surface area (Å²) < 4.78 is 11.8. The summed E-state index contributed by atoms with van der Waals surface area (Å²) in [4.78, 5) is 34.5. The van der Waals surface area contributed by atoms with Crippen LogP contribution in [0.4, 0.5) is 0 Å². The van der Waals surface area contributed by atoms with Crippen LogP contribution in [-0.2, 0) is 0 Å². The van der Waals surface area contributed by atoms with Gasteiger partial charge in [0.1, 0.15) is 17.4 Å². The number of aromatic nitrogens is 1. The number of fused-ring (bicyclic) bond motifs is 1. The summed E-state index contributed by atoms with van der Waals surface area (Å²) in [6.07, 6.45) is 1.23. The molecule has 4 rings (SSSR count). The Morgan fingerprint density at radius 1 is 1.19 bits per heavy atom. The molecule has 0 aliphatic carbocycles. The second-order valence-electron chi connectivity index (χ2n) is 9.45. The van der Waals surface area contributed by atoms with E-state index in [1.165, 1.54) is 0 Å². The van der Waals surface area contributed by atoms with E-state index in [-0.39, 0.29) is 30.2 Å². The van der Waals surface area contributed by atoms with Crippen LogP contribution in [0.5, 0.6) is 11.6 Å². The zero-order valence-electron chi connectivity index (χ0n) is 21.6. The van der Waals surface area contributed by atoms with Crippen LogP contribution >= 0.6 is 0 Å². The average molecular weight is 504 g/mol. The molecule has 3 aromatic rings. The molecule has 0 unspecified atom stereocenters. The van der Waals surface area contributed by atoms with Gasteiger partial charge in [-0.2, -0.15) is 0 Å². The van der Waals surface area contributed by atoms with Crippen LogP contribution in [0.15, 0.2) is 66.9 Å². The highest BCUT2D eigenvalue weighted by atomic mass is 16.5. The van der Waals surface area contributed by atoms with Crippen LogP contribution in [0.2, 0.25) is 0 Å². The highest BCUT2D eigenvalue weighted by molar-refractivity contribution is 5.98. The van der Waals surface area contributed by atoms with E-state index >= 15 is 0 Å². The lowest BCUT2D eigenvalue weighted by Gasteiger charge is -2.37. The topological polar surface area (TPSA) is 92.2 Å². The van der Waals surface area contributed by atoms with Crippen LogP contribution in [0.1, 0.15) is 34.6 Å². The monoisotopic (exact) mass is 503 g/mol. The van der Waals surface area contributed by atoms with E-state index in [1.54, 1.807) is 48.4 Å². The summed E-state index contributed by atoms with van der Waals surface area (Å²) >= 11 is 0. The summed E-state index contributed by atoms with van der Waals surface area (Å²) in [5.41, 5.74) is 2.41. The lowest BCUT2D eigenvalue weighted by Crippen LogP contribution is -2.50. The lowest BCUT2D eigenvalue weighted by atomic mass is 9.98. The van der Waals surface area contributed by atoms with Crippen molar-refractivity contribution in [2.24, 2.45) is 5.92 Å². The van der Waals surface area contributed by atoms with E-state index in [0.717, 1.165) is 5.56 Å². The minimum atomic E-state index is -0.428. The maximum absolute atomic E-state index is 13.7. The van der Waals surface area contributed by atoms with Crippen molar-refractivity contribution in [3.05, 3.63) is 78.0 Å². The Morgan fingerprint density at radius 2 is 1.89 bits per heavy atom. The molecule has 1 aliphatic rings. The van der Waals surface area contributed by atoms with Crippen molar-refractivity contribution in [3.8, 4) is 22.8 Å². The van der Waals surface area contributed by atoms with Crippen molar-refractivity contribution in [2.75, 3.05) is 33.9 Å². The second-order valence-corrected chi connectivity index (χ2v) is 9.45. The third kappa shape index (κ3) is 5.59. The molecule has 8 nitrogen and oxygen atoms in total. The molecule has 0 fully saturated rings. The number of hydrogen-bond acceptors (Lipinski definition) is 6. The number of pyridine rings is 1. The zero-order valence-corrected chi connectivity index (χ0v) is 21.6. The molecular formula is C29H33N3O5. The number of rotatable bonds is 7. The third-order valence-corrected chi connectivity index (χ3v) is 6.76. The average Bonchev–Trinajstić information content (AvgIpc) is 2.94. The van der Waals surface area contributed by atoms with E-state index in [9.17, 15) is 14.7 Å². The van der Waals surface area contributed by atoms with Crippen molar-refractivity contribution >= 4 is 11.8 Å². The predicted octanol–water partition coefficient (Wildman–Crippen LogP) is 3.75. The van der Waals surface area contributed by atoms with Gasteiger partial charge in [0.2, 0.25) is 5.88 Å². The third-order valence-electron chi connectivity index (χ3n) is 6.76. The fourth-order valence-corrected chi connectivity index (χ4v) is 4.50. The SMILES string of the molecule is COc1ccccc1-c1cnc2c(c1)C(=O)N([C@@H](C)CO)C[C@H](C)[C@@H](CN(C)C(=O)c1ccccc1)O2. The smallest absolute Gasteiger partial charge is 0.259 e. The van der Waals surface area contributed by atoms with Gasteiger partial charge in [0.05, 0.1) is 26.3 Å². The molecule has 2 amide bonds. The summed E-state index contributed by atoms with van der Waals surface area (Å²) in [5, 5.41) is 9.90. The van der Waals surface area contributed by atoms with E-state index < -0.39 is 12.1 Å². The van der Waals surface area contributed by atoms with Gasteiger partial charge in [-0.15, -0.1) is 0 Å². The molecule has 1 aliphatic heterocycles. The fraction of sp³-hybridized carbons (Fsp3) is 0.345. The number of para-hydroxylation sites is 1. The van der Waals surface area contributed by atoms with Gasteiger partial charge in [0, 0.05) is 42.4 Å². The molecule has 8 heteroatoms.